The molecule has 1 N–H and O–H groups in total. The molecule has 1 atom stereocenters. The van der Waals surface area contributed by atoms with Crippen LogP contribution in [0.1, 0.15) is 22.0 Å². The summed E-state index contributed by atoms with van der Waals surface area (Å²) >= 11 is 0. The third-order valence-electron chi connectivity index (χ3n) is 3.84. The highest BCUT2D eigenvalue weighted by atomic mass is 16.5. The van der Waals surface area contributed by atoms with Gasteiger partial charge in [-0.05, 0) is 31.8 Å². The Bertz CT molecular complexity index is 609. The molecule has 4 heteroatoms. The summed E-state index contributed by atoms with van der Waals surface area (Å²) in [6.07, 6.45) is 0. The first kappa shape index (κ1) is 17.2. The van der Waals surface area contributed by atoms with Crippen LogP contribution in [-0.2, 0) is 0 Å². The molecule has 2 rings (SSSR count). The minimum absolute atomic E-state index is 0.109. The first-order valence-corrected chi connectivity index (χ1v) is 7.71. The molecule has 0 saturated carbocycles. The van der Waals surface area contributed by atoms with Crippen LogP contribution < -0.4 is 10.1 Å². The normalized spacial score (nSPS) is 12.2. The minimum atomic E-state index is 0.109. The number of hydrogen-bond donors (Lipinski definition) is 1. The van der Waals surface area contributed by atoms with Crippen LogP contribution in [0.15, 0.2) is 54.6 Å². The van der Waals surface area contributed by atoms with Crippen molar-refractivity contribution in [2.24, 2.45) is 0 Å². The van der Waals surface area contributed by atoms with Crippen LogP contribution in [0.5, 0.6) is 5.75 Å². The van der Waals surface area contributed by atoms with E-state index in [1.54, 1.807) is 7.11 Å². The Morgan fingerprint density at radius 3 is 2.30 bits per heavy atom. The van der Waals surface area contributed by atoms with Crippen LogP contribution in [0.2, 0.25) is 0 Å². The van der Waals surface area contributed by atoms with Crippen molar-refractivity contribution in [2.75, 3.05) is 34.3 Å². The predicted molar refractivity (Wildman–Crippen MR) is 93.1 cm³/mol. The van der Waals surface area contributed by atoms with Gasteiger partial charge in [0.15, 0.2) is 5.78 Å². The average Bonchev–Trinajstić information content (AvgIpc) is 2.59. The Kier molecular flexibility index (Phi) is 6.32. The molecular formula is C19H24N2O2. The summed E-state index contributed by atoms with van der Waals surface area (Å²) < 4.78 is 5.20. The number of ether oxygens (including phenoxy) is 1. The molecule has 0 spiro atoms. The summed E-state index contributed by atoms with van der Waals surface area (Å²) in [5.74, 6) is 0.955. The number of rotatable bonds is 8. The summed E-state index contributed by atoms with van der Waals surface area (Å²) in [7, 11) is 5.74. The molecule has 0 fully saturated rings. The summed E-state index contributed by atoms with van der Waals surface area (Å²) in [6.45, 7) is 1.04. The molecule has 0 aliphatic rings. The van der Waals surface area contributed by atoms with Crippen molar-refractivity contribution in [3.05, 3.63) is 65.7 Å². The lowest BCUT2D eigenvalue weighted by molar-refractivity contribution is 0.0988. The maximum absolute atomic E-state index is 12.1. The van der Waals surface area contributed by atoms with Gasteiger partial charge in [0.25, 0.3) is 0 Å². The van der Waals surface area contributed by atoms with Crippen molar-refractivity contribution in [1.29, 1.82) is 0 Å². The van der Waals surface area contributed by atoms with Crippen LogP contribution in [0, 0.1) is 0 Å². The number of benzene rings is 2. The third kappa shape index (κ3) is 4.91. The fourth-order valence-electron chi connectivity index (χ4n) is 2.47. The maximum atomic E-state index is 12.1. The number of methoxy groups -OCH3 is 1. The van der Waals surface area contributed by atoms with Gasteiger partial charge in [0.2, 0.25) is 0 Å². The Hall–Kier alpha value is -2.17. The van der Waals surface area contributed by atoms with E-state index < -0.39 is 0 Å². The lowest BCUT2D eigenvalue weighted by Crippen LogP contribution is -2.33. The Labute approximate surface area is 138 Å². The molecule has 0 aromatic heterocycles. The second-order valence-corrected chi connectivity index (χ2v) is 5.67. The summed E-state index contributed by atoms with van der Waals surface area (Å²) in [4.78, 5) is 14.3. The molecule has 4 nitrogen and oxygen atoms in total. The largest absolute Gasteiger partial charge is 0.497 e. The molecule has 0 saturated heterocycles. The number of nitrogens with one attached hydrogen (secondary N) is 1. The molecule has 0 amide bonds. The van der Waals surface area contributed by atoms with Gasteiger partial charge in [-0.3, -0.25) is 4.79 Å². The van der Waals surface area contributed by atoms with Gasteiger partial charge in [-0.2, -0.15) is 0 Å². The van der Waals surface area contributed by atoms with Gasteiger partial charge < -0.3 is 15.0 Å². The molecule has 2 aromatic rings. The summed E-state index contributed by atoms with van der Waals surface area (Å²) in [5.41, 5.74) is 1.93. The quantitative estimate of drug-likeness (QED) is 0.761. The van der Waals surface area contributed by atoms with Crippen LogP contribution in [0.25, 0.3) is 0 Å². The molecule has 0 radical (unpaired) electrons. The van der Waals surface area contributed by atoms with E-state index in [1.165, 1.54) is 5.56 Å². The van der Waals surface area contributed by atoms with Crippen molar-refractivity contribution >= 4 is 5.78 Å². The molecule has 0 aliphatic heterocycles. The molecule has 23 heavy (non-hydrogen) atoms. The topological polar surface area (TPSA) is 41.6 Å². The van der Waals surface area contributed by atoms with Crippen molar-refractivity contribution < 1.29 is 9.53 Å². The van der Waals surface area contributed by atoms with Crippen molar-refractivity contribution in [1.82, 2.24) is 10.2 Å². The van der Waals surface area contributed by atoms with E-state index in [2.05, 4.69) is 22.3 Å². The molecule has 0 bridgehead atoms. The fourth-order valence-corrected chi connectivity index (χ4v) is 2.47. The Morgan fingerprint density at radius 1 is 1.09 bits per heavy atom. The SMILES string of the molecule is COc1ccc(C(CNCC(=O)c2ccccc2)N(C)C)cc1. The van der Waals surface area contributed by atoms with Gasteiger partial charge in [-0.1, -0.05) is 42.5 Å². The lowest BCUT2D eigenvalue weighted by Gasteiger charge is -2.25. The van der Waals surface area contributed by atoms with E-state index >= 15 is 0 Å². The van der Waals surface area contributed by atoms with E-state index in [9.17, 15) is 4.79 Å². The van der Waals surface area contributed by atoms with Crippen LogP contribution in [0.3, 0.4) is 0 Å². The number of carbonyl (C=O) groups is 1. The highest BCUT2D eigenvalue weighted by Crippen LogP contribution is 2.20. The lowest BCUT2D eigenvalue weighted by atomic mass is 10.1. The number of nitrogens with zero attached hydrogens (tertiary/aromatic N) is 1. The zero-order chi connectivity index (χ0) is 16.7. The molecule has 0 heterocycles. The summed E-state index contributed by atoms with van der Waals surface area (Å²) in [6, 6.07) is 17.6. The van der Waals surface area contributed by atoms with Crippen molar-refractivity contribution in [3.63, 3.8) is 0 Å². The van der Waals surface area contributed by atoms with E-state index in [-0.39, 0.29) is 11.8 Å². The van der Waals surface area contributed by atoms with Crippen molar-refractivity contribution in [3.8, 4) is 5.75 Å². The van der Waals surface area contributed by atoms with E-state index in [0.29, 0.717) is 13.1 Å². The van der Waals surface area contributed by atoms with E-state index in [0.717, 1.165) is 11.3 Å². The maximum Gasteiger partial charge on any atom is 0.176 e. The second-order valence-electron chi connectivity index (χ2n) is 5.67. The molecule has 1 unspecified atom stereocenters. The van der Waals surface area contributed by atoms with Gasteiger partial charge in [0.1, 0.15) is 5.75 Å². The van der Waals surface area contributed by atoms with Crippen molar-refractivity contribution in [2.45, 2.75) is 6.04 Å². The first-order valence-electron chi connectivity index (χ1n) is 7.71. The fraction of sp³-hybridized carbons (Fsp3) is 0.316. The molecule has 122 valence electrons. The highest BCUT2D eigenvalue weighted by molar-refractivity contribution is 5.97. The van der Waals surface area contributed by atoms with Gasteiger partial charge in [-0.15, -0.1) is 0 Å². The van der Waals surface area contributed by atoms with Gasteiger partial charge in [0, 0.05) is 18.2 Å². The standard InChI is InChI=1S/C19H24N2O2/c1-21(2)18(15-9-11-17(23-3)12-10-15)13-20-14-19(22)16-7-5-4-6-8-16/h4-12,18,20H,13-14H2,1-3H3. The van der Waals surface area contributed by atoms with Gasteiger partial charge in [-0.25, -0.2) is 0 Å². The monoisotopic (exact) mass is 312 g/mol. The van der Waals surface area contributed by atoms with E-state index in [4.69, 9.17) is 4.74 Å². The third-order valence-corrected chi connectivity index (χ3v) is 3.84. The van der Waals surface area contributed by atoms with E-state index in [1.807, 2.05) is 56.6 Å². The first-order chi connectivity index (χ1) is 11.1. The van der Waals surface area contributed by atoms with Gasteiger partial charge >= 0.3 is 0 Å². The number of carbonyl (C=O) groups excluding carboxylic acids is 1. The zero-order valence-electron chi connectivity index (χ0n) is 14.0. The number of hydrogen-bond acceptors (Lipinski definition) is 4. The van der Waals surface area contributed by atoms with Gasteiger partial charge in [0.05, 0.1) is 13.7 Å². The smallest absolute Gasteiger partial charge is 0.176 e. The van der Waals surface area contributed by atoms with Crippen LogP contribution in [-0.4, -0.2) is 45.0 Å². The number of Topliss-reactive ketones (excluding diaryl/α,β-unsaturated/α-hetero) is 1. The number of likely N-dealkylation sites (N-methyl/N-ethyl adjacent to an activating group) is 1. The zero-order valence-corrected chi connectivity index (χ0v) is 14.0. The highest BCUT2D eigenvalue weighted by Gasteiger charge is 2.14. The second kappa shape index (κ2) is 8.46. The average molecular weight is 312 g/mol. The summed E-state index contributed by atoms with van der Waals surface area (Å²) in [5, 5.41) is 3.27. The van der Waals surface area contributed by atoms with Crippen LogP contribution >= 0.6 is 0 Å². The van der Waals surface area contributed by atoms with Crippen LogP contribution in [0.4, 0.5) is 0 Å². The Balaban J connectivity index is 1.93. The minimum Gasteiger partial charge on any atom is -0.497 e. The molecule has 2 aromatic carbocycles. The molecular weight excluding hydrogens is 288 g/mol. The molecule has 0 aliphatic carbocycles. The Morgan fingerprint density at radius 2 is 1.74 bits per heavy atom. The predicted octanol–water partition coefficient (Wildman–Crippen LogP) is 2.77. The number of ketones is 1.